The van der Waals surface area contributed by atoms with E-state index in [4.69, 9.17) is 1.12 Å². The van der Waals surface area contributed by atoms with Gasteiger partial charge in [-0.15, -0.1) is 0 Å². The molecule has 0 aromatic heterocycles. The number of imide groups is 1. The summed E-state index contributed by atoms with van der Waals surface area (Å²) in [6.07, 6.45) is 0.195. The van der Waals surface area contributed by atoms with E-state index in [1.807, 2.05) is 0 Å². The molecule has 2 amide bonds. The summed E-state index contributed by atoms with van der Waals surface area (Å²) in [5, 5.41) is -0.456. The van der Waals surface area contributed by atoms with Crippen molar-refractivity contribution >= 4 is 24.3 Å². The SMILES string of the molecule is C.[3H]SC1CC(=O)N(CC)C1=O. The lowest BCUT2D eigenvalue weighted by Crippen LogP contribution is -2.30. The summed E-state index contributed by atoms with van der Waals surface area (Å²) in [5.74, 6) is -0.361. The van der Waals surface area contributed by atoms with Gasteiger partial charge in [0.15, 0.2) is 0 Å². The zero-order chi connectivity index (χ0) is 8.43. The zero-order valence-electron chi connectivity index (χ0n) is 6.66. The maximum atomic E-state index is 11.1. The van der Waals surface area contributed by atoms with Crippen molar-refractivity contribution < 1.29 is 9.59 Å². The van der Waals surface area contributed by atoms with E-state index in [0.717, 1.165) is 0 Å². The molecule has 1 fully saturated rings. The van der Waals surface area contributed by atoms with E-state index in [9.17, 15) is 9.59 Å². The van der Waals surface area contributed by atoms with Gasteiger partial charge >= 0.3 is 0 Å². The standard InChI is InChI=1S/C6H9NO2S.CH4/c1-2-7-5(8)3-4(10)6(7)9;/h4,10H,2-3H2,1H3;1H4/i/hT. The first-order chi connectivity index (χ1) is 5.20. The van der Waals surface area contributed by atoms with Gasteiger partial charge in [0.25, 0.3) is 0 Å². The monoisotopic (exact) mass is 177 g/mol. The number of nitrogens with zero attached hydrogens (tertiary/aromatic N) is 1. The maximum Gasteiger partial charge on any atom is 0.242 e. The fourth-order valence-corrected chi connectivity index (χ4v) is 1.25. The third kappa shape index (κ3) is 1.74. The van der Waals surface area contributed by atoms with Gasteiger partial charge in [0.1, 0.15) is 1.12 Å². The molecule has 1 aliphatic rings. The van der Waals surface area contributed by atoms with E-state index >= 15 is 0 Å². The highest BCUT2D eigenvalue weighted by atomic mass is 32.1. The lowest BCUT2D eigenvalue weighted by Gasteiger charge is -2.08. The molecule has 0 N–H and O–H groups in total. The fraction of sp³-hybridized carbons (Fsp3) is 0.714. The summed E-state index contributed by atoms with van der Waals surface area (Å²) in [6.45, 7) is 2.18. The Morgan fingerprint density at radius 1 is 1.82 bits per heavy atom. The molecule has 0 aromatic carbocycles. The average Bonchev–Trinajstić information content (AvgIpc) is 2.26. The van der Waals surface area contributed by atoms with Crippen molar-refractivity contribution in [3.63, 3.8) is 0 Å². The molecule has 0 aromatic rings. The summed E-state index contributed by atoms with van der Waals surface area (Å²) >= 11 is 0.701. The average molecular weight is 177 g/mol. The third-order valence-electron chi connectivity index (χ3n) is 1.52. The van der Waals surface area contributed by atoms with Crippen molar-refractivity contribution in [2.75, 3.05) is 6.54 Å². The second-order valence-electron chi connectivity index (χ2n) is 2.17. The van der Waals surface area contributed by atoms with Crippen LogP contribution in [0.5, 0.6) is 0 Å². The molecule has 1 saturated heterocycles. The first-order valence-corrected chi connectivity index (χ1v) is 3.64. The number of carbonyl (C=O) groups excluding carboxylic acids is 2. The Bertz CT molecular complexity index is 198. The van der Waals surface area contributed by atoms with E-state index in [-0.39, 0.29) is 25.7 Å². The quantitative estimate of drug-likeness (QED) is 0.498. The van der Waals surface area contributed by atoms with Crippen LogP contribution in [0.1, 0.15) is 20.8 Å². The fourth-order valence-electron chi connectivity index (χ4n) is 0.985. The van der Waals surface area contributed by atoms with Crippen molar-refractivity contribution in [2.24, 2.45) is 0 Å². The number of carbonyl (C=O) groups is 2. The van der Waals surface area contributed by atoms with Gasteiger partial charge in [-0.25, -0.2) is 0 Å². The zero-order valence-corrected chi connectivity index (χ0v) is 6.48. The second kappa shape index (κ2) is 3.76. The maximum absolute atomic E-state index is 11.1. The Morgan fingerprint density at radius 3 is 2.73 bits per heavy atom. The summed E-state index contributed by atoms with van der Waals surface area (Å²) < 4.78 is 6.90. The van der Waals surface area contributed by atoms with E-state index in [1.165, 1.54) is 4.90 Å². The minimum atomic E-state index is -0.456. The molecule has 4 heteroatoms. The highest BCUT2D eigenvalue weighted by molar-refractivity contribution is 7.81. The van der Waals surface area contributed by atoms with Crippen LogP contribution < -0.4 is 0 Å². The molecule has 0 spiro atoms. The molecule has 0 aliphatic carbocycles. The number of likely N-dealkylation sites (tertiary alicyclic amines) is 1. The predicted molar refractivity (Wildman–Crippen MR) is 46.5 cm³/mol. The van der Waals surface area contributed by atoms with Crippen LogP contribution in [-0.4, -0.2) is 29.6 Å². The van der Waals surface area contributed by atoms with Crippen LogP contribution in [-0.2, 0) is 9.59 Å². The Kier molecular flexibility index (Phi) is 2.93. The minimum Gasteiger partial charge on any atom is -0.282 e. The van der Waals surface area contributed by atoms with Crippen LogP contribution in [0.2, 0.25) is 0 Å². The molecule has 1 unspecified atom stereocenters. The van der Waals surface area contributed by atoms with Gasteiger partial charge in [0, 0.05) is 13.0 Å². The van der Waals surface area contributed by atoms with Crippen LogP contribution >= 0.6 is 12.5 Å². The third-order valence-corrected chi connectivity index (χ3v) is 1.89. The van der Waals surface area contributed by atoms with Crippen molar-refractivity contribution in [2.45, 2.75) is 26.0 Å². The Balaban J connectivity index is 0.00000121. The van der Waals surface area contributed by atoms with Gasteiger partial charge in [-0.05, 0) is 6.92 Å². The molecule has 11 heavy (non-hydrogen) atoms. The van der Waals surface area contributed by atoms with Crippen molar-refractivity contribution in [3.8, 4) is 0 Å². The van der Waals surface area contributed by atoms with Gasteiger partial charge < -0.3 is 0 Å². The number of hydrogen-bond acceptors (Lipinski definition) is 3. The summed E-state index contributed by atoms with van der Waals surface area (Å²) in [4.78, 5) is 23.3. The number of hydrogen-bond donors (Lipinski definition) is 1. The van der Waals surface area contributed by atoms with Crippen LogP contribution in [0, 0.1) is 0 Å². The molecule has 1 heterocycles. The highest BCUT2D eigenvalue weighted by Gasteiger charge is 2.34. The predicted octanol–water partition coefficient (Wildman–Crippen LogP) is 0.700. The van der Waals surface area contributed by atoms with Crippen molar-refractivity contribution in [3.05, 3.63) is 0 Å². The Hall–Kier alpha value is -0.510. The van der Waals surface area contributed by atoms with Crippen LogP contribution in [0.15, 0.2) is 0 Å². The lowest BCUT2D eigenvalue weighted by molar-refractivity contribution is -0.137. The molecule has 0 radical (unpaired) electrons. The number of thiol groups is 1. The van der Waals surface area contributed by atoms with Crippen LogP contribution in [0.4, 0.5) is 0 Å². The summed E-state index contributed by atoms with van der Waals surface area (Å²) in [6, 6.07) is 0. The van der Waals surface area contributed by atoms with E-state index in [0.29, 0.717) is 19.1 Å². The van der Waals surface area contributed by atoms with Crippen molar-refractivity contribution in [1.29, 1.82) is 1.12 Å². The Morgan fingerprint density at radius 2 is 2.45 bits per heavy atom. The molecule has 1 rings (SSSR count). The molecular weight excluding hydrogens is 162 g/mol. The topological polar surface area (TPSA) is 37.4 Å². The largest absolute Gasteiger partial charge is 0.282 e. The summed E-state index contributed by atoms with van der Waals surface area (Å²) in [7, 11) is 0. The number of amides is 2. The molecule has 64 valence electrons. The Labute approximate surface area is 73.3 Å². The number of rotatable bonds is 2. The molecule has 0 saturated carbocycles. The molecule has 0 bridgehead atoms. The van der Waals surface area contributed by atoms with Gasteiger partial charge in [-0.1, -0.05) is 7.43 Å². The summed E-state index contributed by atoms with van der Waals surface area (Å²) in [5.41, 5.74) is 0. The van der Waals surface area contributed by atoms with Crippen LogP contribution in [0.3, 0.4) is 0 Å². The molecule has 1 atom stereocenters. The van der Waals surface area contributed by atoms with Gasteiger partial charge in [0.2, 0.25) is 11.8 Å². The smallest absolute Gasteiger partial charge is 0.242 e. The second-order valence-corrected chi connectivity index (χ2v) is 2.74. The van der Waals surface area contributed by atoms with Crippen LogP contribution in [0.25, 0.3) is 0 Å². The van der Waals surface area contributed by atoms with E-state index in [2.05, 4.69) is 0 Å². The first-order valence-electron chi connectivity index (χ1n) is 3.57. The van der Waals surface area contributed by atoms with Crippen molar-refractivity contribution in [1.82, 2.24) is 4.90 Å². The van der Waals surface area contributed by atoms with Gasteiger partial charge in [-0.3, -0.25) is 14.5 Å². The van der Waals surface area contributed by atoms with Gasteiger partial charge in [-0.2, -0.15) is 12.5 Å². The molecule has 1 aliphatic heterocycles. The van der Waals surface area contributed by atoms with Gasteiger partial charge in [0.05, 0.1) is 5.25 Å². The molecular formula is C7H13NO2S. The first kappa shape index (κ1) is 8.59. The highest BCUT2D eigenvalue weighted by Crippen LogP contribution is 2.16. The van der Waals surface area contributed by atoms with E-state index < -0.39 is 5.25 Å². The van der Waals surface area contributed by atoms with E-state index in [1.54, 1.807) is 6.92 Å². The molecule has 3 nitrogen and oxygen atoms in total. The normalized spacial score (nSPS) is 25.0. The minimum absolute atomic E-state index is 0. The lowest BCUT2D eigenvalue weighted by atomic mass is 10.4.